The molecule has 0 amide bonds. The lowest BCUT2D eigenvalue weighted by Gasteiger charge is -2.07. The number of aromatic nitrogens is 2. The second kappa shape index (κ2) is 7.16. The molecule has 0 saturated carbocycles. The van der Waals surface area contributed by atoms with Crippen molar-refractivity contribution in [2.75, 3.05) is 11.9 Å². The third kappa shape index (κ3) is 4.13. The van der Waals surface area contributed by atoms with Crippen molar-refractivity contribution in [2.45, 2.75) is 19.6 Å². The summed E-state index contributed by atoms with van der Waals surface area (Å²) in [4.78, 5) is 11.9. The highest BCUT2D eigenvalue weighted by atomic mass is 79.9. The number of ether oxygens (including phenoxy) is 1. The number of benzene rings is 1. The molecule has 0 N–H and O–H groups in total. The lowest BCUT2D eigenvalue weighted by atomic mass is 10.1. The van der Waals surface area contributed by atoms with Gasteiger partial charge in [0.15, 0.2) is 0 Å². The number of esters is 1. The molecular formula is C15H14BrF3N2O2. The predicted molar refractivity (Wildman–Crippen MR) is 82.4 cm³/mol. The zero-order valence-electron chi connectivity index (χ0n) is 12.2. The Balaban J connectivity index is 2.44. The molecule has 1 heterocycles. The number of alkyl halides is 4. The molecule has 124 valence electrons. The Hall–Kier alpha value is -1.83. The molecule has 0 unspecified atom stereocenters. The van der Waals surface area contributed by atoms with E-state index >= 15 is 0 Å². The van der Waals surface area contributed by atoms with Gasteiger partial charge >= 0.3 is 12.1 Å². The molecule has 0 radical (unpaired) electrons. The van der Waals surface area contributed by atoms with Gasteiger partial charge in [0.25, 0.3) is 0 Å². The van der Waals surface area contributed by atoms with Crippen LogP contribution in [0.2, 0.25) is 0 Å². The van der Waals surface area contributed by atoms with Crippen molar-refractivity contribution in [1.82, 2.24) is 9.78 Å². The van der Waals surface area contributed by atoms with Crippen LogP contribution in [0.25, 0.3) is 11.3 Å². The van der Waals surface area contributed by atoms with E-state index in [1.165, 1.54) is 22.9 Å². The minimum atomic E-state index is -4.43. The van der Waals surface area contributed by atoms with Gasteiger partial charge in [-0.2, -0.15) is 18.3 Å². The van der Waals surface area contributed by atoms with Crippen molar-refractivity contribution in [3.8, 4) is 11.3 Å². The van der Waals surface area contributed by atoms with Gasteiger partial charge in [0.2, 0.25) is 0 Å². The summed E-state index contributed by atoms with van der Waals surface area (Å²) in [7, 11) is 0. The van der Waals surface area contributed by atoms with Crippen LogP contribution in [-0.4, -0.2) is 27.7 Å². The van der Waals surface area contributed by atoms with Crippen molar-refractivity contribution < 1.29 is 22.7 Å². The average molecular weight is 391 g/mol. The first-order valence-electron chi connectivity index (χ1n) is 6.85. The first-order chi connectivity index (χ1) is 10.9. The van der Waals surface area contributed by atoms with E-state index in [-0.39, 0.29) is 12.3 Å². The molecule has 1 aromatic heterocycles. The molecule has 0 bridgehead atoms. The van der Waals surface area contributed by atoms with Crippen molar-refractivity contribution in [2.24, 2.45) is 0 Å². The van der Waals surface area contributed by atoms with Crippen LogP contribution >= 0.6 is 15.9 Å². The first kappa shape index (κ1) is 17.5. The molecule has 8 heteroatoms. The van der Waals surface area contributed by atoms with Gasteiger partial charge < -0.3 is 4.74 Å². The van der Waals surface area contributed by atoms with E-state index in [4.69, 9.17) is 4.74 Å². The molecule has 2 aromatic rings. The fraction of sp³-hybridized carbons (Fsp3) is 0.333. The number of carbonyl (C=O) groups is 1. The Labute approximate surface area is 139 Å². The van der Waals surface area contributed by atoms with E-state index in [0.29, 0.717) is 23.1 Å². The Morgan fingerprint density at radius 3 is 2.70 bits per heavy atom. The standard InChI is InChI=1S/C15H14BrF3N2O2/c1-2-23-14(22)13-9-12(20-21(13)7-6-16)10-4-3-5-11(8-10)15(17,18)19/h3-5,8-9H,2,6-7H2,1H3. The largest absolute Gasteiger partial charge is 0.461 e. The fourth-order valence-corrected chi connectivity index (χ4v) is 2.37. The van der Waals surface area contributed by atoms with Crippen LogP contribution in [0.15, 0.2) is 30.3 Å². The van der Waals surface area contributed by atoms with Crippen LogP contribution in [0.4, 0.5) is 13.2 Å². The maximum absolute atomic E-state index is 12.8. The van der Waals surface area contributed by atoms with Crippen LogP contribution < -0.4 is 0 Å². The number of rotatable bonds is 5. The summed E-state index contributed by atoms with van der Waals surface area (Å²) < 4.78 is 44.8. The number of halogens is 4. The Bertz CT molecular complexity index is 698. The Morgan fingerprint density at radius 2 is 2.09 bits per heavy atom. The van der Waals surface area contributed by atoms with Crippen molar-refractivity contribution >= 4 is 21.9 Å². The summed E-state index contributed by atoms with van der Waals surface area (Å²) in [6.07, 6.45) is -4.43. The topological polar surface area (TPSA) is 44.1 Å². The third-order valence-electron chi connectivity index (χ3n) is 3.05. The van der Waals surface area contributed by atoms with Crippen molar-refractivity contribution in [3.63, 3.8) is 0 Å². The molecule has 0 saturated heterocycles. The molecule has 1 aromatic carbocycles. The number of nitrogens with zero attached hydrogens (tertiary/aromatic N) is 2. The second-order valence-electron chi connectivity index (χ2n) is 4.63. The van der Waals surface area contributed by atoms with Crippen LogP contribution in [0.5, 0.6) is 0 Å². The molecule has 0 aliphatic rings. The van der Waals surface area contributed by atoms with Crippen LogP contribution in [0, 0.1) is 0 Å². The highest BCUT2D eigenvalue weighted by Gasteiger charge is 2.30. The highest BCUT2D eigenvalue weighted by molar-refractivity contribution is 9.09. The smallest absolute Gasteiger partial charge is 0.416 e. The highest BCUT2D eigenvalue weighted by Crippen LogP contribution is 2.32. The molecule has 0 fully saturated rings. The van der Waals surface area contributed by atoms with E-state index in [9.17, 15) is 18.0 Å². The molecule has 0 aliphatic heterocycles. The summed E-state index contributed by atoms with van der Waals surface area (Å²) in [6, 6.07) is 6.27. The van der Waals surface area contributed by atoms with Gasteiger partial charge in [-0.25, -0.2) is 4.79 Å². The third-order valence-corrected chi connectivity index (χ3v) is 3.40. The van der Waals surface area contributed by atoms with Crippen LogP contribution in [-0.2, 0) is 17.5 Å². The van der Waals surface area contributed by atoms with Gasteiger partial charge in [0.05, 0.1) is 24.4 Å². The van der Waals surface area contributed by atoms with Gasteiger partial charge in [-0.1, -0.05) is 28.1 Å². The monoisotopic (exact) mass is 390 g/mol. The first-order valence-corrected chi connectivity index (χ1v) is 7.97. The fourth-order valence-electron chi connectivity index (χ4n) is 2.03. The molecule has 0 aliphatic carbocycles. The predicted octanol–water partition coefficient (Wildman–Crippen LogP) is 4.14. The van der Waals surface area contributed by atoms with Gasteiger partial charge in [-0.3, -0.25) is 4.68 Å². The molecule has 0 spiro atoms. The van der Waals surface area contributed by atoms with Gasteiger partial charge in [0.1, 0.15) is 5.69 Å². The van der Waals surface area contributed by atoms with E-state index in [1.807, 2.05) is 0 Å². The normalized spacial score (nSPS) is 11.5. The molecule has 2 rings (SSSR count). The summed E-state index contributed by atoms with van der Waals surface area (Å²) in [6.45, 7) is 2.28. The van der Waals surface area contributed by atoms with Gasteiger partial charge in [-0.05, 0) is 25.1 Å². The zero-order chi connectivity index (χ0) is 17.0. The second-order valence-corrected chi connectivity index (χ2v) is 5.42. The van der Waals surface area contributed by atoms with Gasteiger partial charge in [0, 0.05) is 10.9 Å². The molecular weight excluding hydrogens is 377 g/mol. The minimum Gasteiger partial charge on any atom is -0.461 e. The summed E-state index contributed by atoms with van der Waals surface area (Å²) in [5, 5.41) is 4.76. The van der Waals surface area contributed by atoms with Crippen molar-refractivity contribution in [1.29, 1.82) is 0 Å². The maximum atomic E-state index is 12.8. The molecule has 0 atom stereocenters. The Kier molecular flexibility index (Phi) is 5.46. The minimum absolute atomic E-state index is 0.206. The summed E-state index contributed by atoms with van der Waals surface area (Å²) >= 11 is 3.25. The molecule has 4 nitrogen and oxygen atoms in total. The Morgan fingerprint density at radius 1 is 1.35 bits per heavy atom. The van der Waals surface area contributed by atoms with Crippen molar-refractivity contribution in [3.05, 3.63) is 41.6 Å². The quantitative estimate of drug-likeness (QED) is 0.569. The summed E-state index contributed by atoms with van der Waals surface area (Å²) in [5.41, 5.74) is 0.0280. The van der Waals surface area contributed by atoms with Gasteiger partial charge in [-0.15, -0.1) is 0 Å². The lowest BCUT2D eigenvalue weighted by molar-refractivity contribution is -0.137. The number of hydrogen-bond acceptors (Lipinski definition) is 3. The maximum Gasteiger partial charge on any atom is 0.416 e. The summed E-state index contributed by atoms with van der Waals surface area (Å²) in [5.74, 6) is -0.556. The number of aryl methyl sites for hydroxylation is 1. The number of hydrogen-bond donors (Lipinski definition) is 0. The average Bonchev–Trinajstić information content (AvgIpc) is 2.91. The number of carbonyl (C=O) groups excluding carboxylic acids is 1. The van der Waals surface area contributed by atoms with E-state index in [0.717, 1.165) is 12.1 Å². The SMILES string of the molecule is CCOC(=O)c1cc(-c2cccc(C(F)(F)F)c2)nn1CCBr. The zero-order valence-corrected chi connectivity index (χ0v) is 13.8. The lowest BCUT2D eigenvalue weighted by Crippen LogP contribution is -2.13. The van der Waals surface area contributed by atoms with E-state index in [2.05, 4.69) is 21.0 Å². The van der Waals surface area contributed by atoms with Crippen LogP contribution in [0.1, 0.15) is 23.0 Å². The van der Waals surface area contributed by atoms with E-state index in [1.54, 1.807) is 6.92 Å². The van der Waals surface area contributed by atoms with Crippen LogP contribution in [0.3, 0.4) is 0 Å². The molecule has 23 heavy (non-hydrogen) atoms. The van der Waals surface area contributed by atoms with E-state index < -0.39 is 17.7 Å².